The molecule has 2 atom stereocenters. The highest BCUT2D eigenvalue weighted by Crippen LogP contribution is 2.37. The van der Waals surface area contributed by atoms with Gasteiger partial charge in [-0.1, -0.05) is 40.5 Å². The van der Waals surface area contributed by atoms with Crippen molar-refractivity contribution in [2.75, 3.05) is 18.4 Å². The number of hydrogen-bond acceptors (Lipinski definition) is 6. The van der Waals surface area contributed by atoms with Crippen LogP contribution in [-0.4, -0.2) is 51.8 Å². The van der Waals surface area contributed by atoms with Gasteiger partial charge in [-0.2, -0.15) is 23.1 Å². The molecule has 0 spiro atoms. The van der Waals surface area contributed by atoms with E-state index in [0.717, 1.165) is 76.0 Å². The molecule has 11 heteroatoms. The first-order valence-corrected chi connectivity index (χ1v) is 15.4. The van der Waals surface area contributed by atoms with Crippen LogP contribution in [0.2, 0.25) is 0 Å². The Morgan fingerprint density at radius 3 is 2.44 bits per heavy atom. The number of piperidine rings is 1. The van der Waals surface area contributed by atoms with Gasteiger partial charge in [-0.25, -0.2) is 4.98 Å². The molecule has 8 nitrogen and oxygen atoms in total. The highest BCUT2D eigenvalue weighted by molar-refractivity contribution is 5.99. The van der Waals surface area contributed by atoms with Crippen LogP contribution in [0, 0.1) is 11.8 Å². The fraction of sp³-hybridized carbons (Fsp3) is 0.733. The van der Waals surface area contributed by atoms with Crippen LogP contribution < -0.4 is 16.4 Å². The Morgan fingerprint density at radius 2 is 1.85 bits per heavy atom. The van der Waals surface area contributed by atoms with Crippen molar-refractivity contribution in [3.8, 4) is 0 Å². The van der Waals surface area contributed by atoms with E-state index in [-0.39, 0.29) is 47.9 Å². The van der Waals surface area contributed by atoms with Gasteiger partial charge in [0.05, 0.1) is 0 Å². The lowest BCUT2D eigenvalue weighted by Crippen LogP contribution is -2.48. The molecule has 2 unspecified atom stereocenters. The van der Waals surface area contributed by atoms with E-state index >= 15 is 0 Å². The van der Waals surface area contributed by atoms with Crippen molar-refractivity contribution in [2.24, 2.45) is 22.6 Å². The van der Waals surface area contributed by atoms with Crippen molar-refractivity contribution in [1.29, 1.82) is 0 Å². The summed E-state index contributed by atoms with van der Waals surface area (Å²) in [4.78, 5) is 27.1. The standard InChI is InChI=1S/C30H48F3N7O/c1-5-10-22(11-6-2)36-18-24(21-12-13-21)26(34)38-29-37-19-25(30(31,32)33)27(39-29)35-16-9-17-40-23(8-4)15-14-20(7-3)28(40)41/h18-23,36H,5-17H2,1-4H3,(H3,34,35,37,38,39)/b24-18-. The van der Waals surface area contributed by atoms with Gasteiger partial charge in [0.25, 0.3) is 5.95 Å². The van der Waals surface area contributed by atoms with Gasteiger partial charge in [0.2, 0.25) is 5.91 Å². The third-order valence-corrected chi connectivity index (χ3v) is 8.12. The van der Waals surface area contributed by atoms with Gasteiger partial charge in [-0.15, -0.1) is 0 Å². The molecule has 1 saturated heterocycles. The van der Waals surface area contributed by atoms with Crippen LogP contribution in [0.4, 0.5) is 24.9 Å². The number of rotatable bonds is 16. The number of amidine groups is 1. The lowest BCUT2D eigenvalue weighted by molar-refractivity contribution is -0.142. The molecule has 1 amide bonds. The van der Waals surface area contributed by atoms with Crippen LogP contribution in [0.25, 0.3) is 0 Å². The van der Waals surface area contributed by atoms with Crippen molar-refractivity contribution in [2.45, 2.75) is 117 Å². The van der Waals surface area contributed by atoms with Crippen LogP contribution in [0.15, 0.2) is 23.0 Å². The third kappa shape index (κ3) is 9.33. The Kier molecular flexibility index (Phi) is 12.3. The van der Waals surface area contributed by atoms with Gasteiger partial charge in [0, 0.05) is 49.1 Å². The number of amides is 1. The average molecular weight is 580 g/mol. The van der Waals surface area contributed by atoms with Gasteiger partial charge < -0.3 is 21.3 Å². The molecule has 41 heavy (non-hydrogen) atoms. The normalized spacial score (nSPS) is 20.6. The Labute approximate surface area is 242 Å². The Hall–Kier alpha value is -2.85. The number of nitrogens with one attached hydrogen (secondary N) is 2. The minimum Gasteiger partial charge on any atom is -0.388 e. The number of aliphatic imine (C=N–C) groups is 1. The Bertz CT molecular complexity index is 1050. The van der Waals surface area contributed by atoms with Crippen molar-refractivity contribution in [3.63, 3.8) is 0 Å². The zero-order valence-corrected chi connectivity index (χ0v) is 25.1. The number of likely N-dealkylation sites (tertiary alicyclic amines) is 1. The van der Waals surface area contributed by atoms with Crippen molar-refractivity contribution >= 4 is 23.5 Å². The van der Waals surface area contributed by atoms with Crippen LogP contribution in [0.3, 0.4) is 0 Å². The second kappa shape index (κ2) is 15.4. The van der Waals surface area contributed by atoms with E-state index in [1.54, 1.807) is 0 Å². The lowest BCUT2D eigenvalue weighted by atomic mass is 9.89. The molecule has 0 aromatic carbocycles. The van der Waals surface area contributed by atoms with E-state index < -0.39 is 11.7 Å². The smallest absolute Gasteiger partial charge is 0.388 e. The molecule has 1 saturated carbocycles. The van der Waals surface area contributed by atoms with E-state index in [0.29, 0.717) is 19.0 Å². The summed E-state index contributed by atoms with van der Waals surface area (Å²) in [7, 11) is 0. The molecule has 2 heterocycles. The number of halogens is 3. The number of carbonyl (C=O) groups excluding carboxylic acids is 1. The van der Waals surface area contributed by atoms with Gasteiger partial charge in [0.1, 0.15) is 17.2 Å². The SMILES string of the molecule is CCCC(CCC)N/C=C(\C(N)=N\c1ncc(C(F)(F)F)c(NCCCN2C(=O)C(CC)CCC2CC)n1)C1CC1. The van der Waals surface area contributed by atoms with Gasteiger partial charge in [-0.05, 0) is 63.7 Å². The van der Waals surface area contributed by atoms with E-state index in [1.165, 1.54) is 0 Å². The summed E-state index contributed by atoms with van der Waals surface area (Å²) in [5.41, 5.74) is 6.24. The van der Waals surface area contributed by atoms with Gasteiger partial charge in [-0.3, -0.25) is 4.79 Å². The fourth-order valence-electron chi connectivity index (χ4n) is 5.59. The maximum absolute atomic E-state index is 13.8. The first-order valence-electron chi connectivity index (χ1n) is 15.4. The number of anilines is 1. The average Bonchev–Trinajstić information content (AvgIpc) is 3.77. The number of aromatic nitrogens is 2. The van der Waals surface area contributed by atoms with Crippen LogP contribution in [0.1, 0.15) is 104 Å². The van der Waals surface area contributed by atoms with Crippen molar-refractivity contribution < 1.29 is 18.0 Å². The summed E-state index contributed by atoms with van der Waals surface area (Å²) in [6.07, 6.45) is 8.29. The molecule has 230 valence electrons. The second-order valence-electron chi connectivity index (χ2n) is 11.3. The predicted octanol–water partition coefficient (Wildman–Crippen LogP) is 6.57. The highest BCUT2D eigenvalue weighted by atomic mass is 19.4. The number of hydrogen-bond donors (Lipinski definition) is 3. The fourth-order valence-corrected chi connectivity index (χ4v) is 5.59. The van der Waals surface area contributed by atoms with E-state index in [4.69, 9.17) is 5.73 Å². The molecule has 4 N–H and O–H groups in total. The molecular weight excluding hydrogens is 531 g/mol. The van der Waals surface area contributed by atoms with Crippen LogP contribution >= 0.6 is 0 Å². The largest absolute Gasteiger partial charge is 0.421 e. The summed E-state index contributed by atoms with van der Waals surface area (Å²) in [5.74, 6) is 0.232. The van der Waals surface area contributed by atoms with Crippen LogP contribution in [0.5, 0.6) is 0 Å². The quantitative estimate of drug-likeness (QED) is 0.116. The highest BCUT2D eigenvalue weighted by Gasteiger charge is 2.36. The summed E-state index contributed by atoms with van der Waals surface area (Å²) in [6, 6.07) is 0.520. The molecule has 0 bridgehead atoms. The van der Waals surface area contributed by atoms with E-state index in [1.807, 2.05) is 18.0 Å². The van der Waals surface area contributed by atoms with Gasteiger partial charge >= 0.3 is 6.18 Å². The minimum absolute atomic E-state index is 0.0317. The summed E-state index contributed by atoms with van der Waals surface area (Å²) in [6.45, 7) is 9.10. The Morgan fingerprint density at radius 1 is 1.15 bits per heavy atom. The van der Waals surface area contributed by atoms with Crippen LogP contribution in [-0.2, 0) is 11.0 Å². The first-order chi connectivity index (χ1) is 19.6. The topological polar surface area (TPSA) is 109 Å². The number of alkyl halides is 3. The number of nitrogens with zero attached hydrogens (tertiary/aromatic N) is 4. The summed E-state index contributed by atoms with van der Waals surface area (Å²) in [5, 5.41) is 6.31. The predicted molar refractivity (Wildman–Crippen MR) is 158 cm³/mol. The lowest BCUT2D eigenvalue weighted by Gasteiger charge is -2.39. The van der Waals surface area contributed by atoms with Crippen molar-refractivity contribution in [3.05, 3.63) is 23.5 Å². The minimum atomic E-state index is -4.63. The van der Waals surface area contributed by atoms with Crippen molar-refractivity contribution in [1.82, 2.24) is 20.2 Å². The molecule has 1 aromatic heterocycles. The second-order valence-corrected chi connectivity index (χ2v) is 11.3. The molecule has 3 rings (SSSR count). The Balaban J connectivity index is 1.73. The molecule has 1 aliphatic carbocycles. The maximum atomic E-state index is 13.8. The van der Waals surface area contributed by atoms with E-state index in [2.05, 4.69) is 46.4 Å². The molecular formula is C30H48F3N7O. The first kappa shape index (κ1) is 32.7. The zero-order valence-electron chi connectivity index (χ0n) is 25.1. The molecule has 0 radical (unpaired) electrons. The van der Waals surface area contributed by atoms with E-state index in [9.17, 15) is 18.0 Å². The molecule has 1 aliphatic heterocycles. The third-order valence-electron chi connectivity index (χ3n) is 8.12. The maximum Gasteiger partial charge on any atom is 0.421 e. The molecule has 1 aromatic rings. The summed E-state index contributed by atoms with van der Waals surface area (Å²) < 4.78 is 41.3. The number of carbonyl (C=O) groups is 1. The molecule has 2 fully saturated rings. The number of nitrogens with two attached hydrogens (primary N) is 1. The molecule has 2 aliphatic rings. The summed E-state index contributed by atoms with van der Waals surface area (Å²) >= 11 is 0. The zero-order chi connectivity index (χ0) is 30.0. The van der Waals surface area contributed by atoms with Gasteiger partial charge in [0.15, 0.2) is 0 Å². The monoisotopic (exact) mass is 579 g/mol.